The van der Waals surface area contributed by atoms with Gasteiger partial charge in [-0.3, -0.25) is 4.79 Å². The second-order valence-electron chi connectivity index (χ2n) is 3.86. The molecule has 6 heteroatoms. The van der Waals surface area contributed by atoms with Crippen molar-refractivity contribution in [3.05, 3.63) is 35.7 Å². The van der Waals surface area contributed by atoms with Gasteiger partial charge in [0.25, 0.3) is 0 Å². The quantitative estimate of drug-likeness (QED) is 0.673. The molecule has 1 heterocycles. The number of nitrogens with zero attached hydrogens (tertiary/aromatic N) is 1. The van der Waals surface area contributed by atoms with E-state index in [9.17, 15) is 9.59 Å². The minimum Gasteiger partial charge on any atom is -0.475 e. The number of aromatic carboxylic acids is 1. The van der Waals surface area contributed by atoms with Crippen LogP contribution in [0.4, 0.5) is 0 Å². The smallest absolute Gasteiger partial charge is 0.373 e. The van der Waals surface area contributed by atoms with Crippen molar-refractivity contribution in [2.45, 2.75) is 13.8 Å². The van der Waals surface area contributed by atoms with Gasteiger partial charge in [0.1, 0.15) is 5.75 Å². The summed E-state index contributed by atoms with van der Waals surface area (Å²) in [4.78, 5) is 25.8. The summed E-state index contributed by atoms with van der Waals surface area (Å²) in [6, 6.07) is 6.51. The fourth-order valence-corrected chi connectivity index (χ4v) is 1.58. The Balaban J connectivity index is 2.39. The van der Waals surface area contributed by atoms with Gasteiger partial charge in [-0.1, -0.05) is 6.07 Å². The summed E-state index contributed by atoms with van der Waals surface area (Å²) in [6.07, 6.45) is 0. The highest BCUT2D eigenvalue weighted by Crippen LogP contribution is 2.25. The van der Waals surface area contributed by atoms with Crippen LogP contribution in [-0.4, -0.2) is 22.0 Å². The van der Waals surface area contributed by atoms with Gasteiger partial charge in [-0.25, -0.2) is 9.78 Å². The van der Waals surface area contributed by atoms with Gasteiger partial charge in [0.2, 0.25) is 11.7 Å². The van der Waals surface area contributed by atoms with Crippen molar-refractivity contribution in [3.8, 4) is 17.2 Å². The van der Waals surface area contributed by atoms with Gasteiger partial charge in [-0.2, -0.15) is 0 Å². The minimum atomic E-state index is -1.17. The zero-order valence-corrected chi connectivity index (χ0v) is 10.3. The lowest BCUT2D eigenvalue weighted by molar-refractivity contribution is -0.131. The molecule has 19 heavy (non-hydrogen) atoms. The molecule has 6 nitrogen and oxygen atoms in total. The van der Waals surface area contributed by atoms with Crippen LogP contribution >= 0.6 is 0 Å². The Morgan fingerprint density at radius 3 is 2.68 bits per heavy atom. The number of carboxylic acid groups (broad SMARTS) is 1. The Hall–Kier alpha value is -2.63. The number of aromatic nitrogens is 1. The van der Waals surface area contributed by atoms with Gasteiger partial charge in [0, 0.05) is 12.5 Å². The molecule has 0 unspecified atom stereocenters. The van der Waals surface area contributed by atoms with Gasteiger partial charge in [-0.05, 0) is 25.1 Å². The number of oxazole rings is 1. The standard InChI is InChI=1S/C13H11NO5/c1-7-11(13(16)17)19-12(14-7)9-4-3-5-10(6-9)18-8(2)15/h3-6H,1-2H3,(H,16,17). The first-order valence-corrected chi connectivity index (χ1v) is 5.47. The number of aryl methyl sites for hydroxylation is 1. The van der Waals surface area contributed by atoms with E-state index in [4.69, 9.17) is 14.3 Å². The first-order chi connectivity index (χ1) is 8.97. The minimum absolute atomic E-state index is 0.170. The molecule has 0 amide bonds. The average molecular weight is 261 g/mol. The highest BCUT2D eigenvalue weighted by atomic mass is 16.5. The number of rotatable bonds is 3. The summed E-state index contributed by atoms with van der Waals surface area (Å²) in [7, 11) is 0. The molecule has 0 fully saturated rings. The number of hydrogen-bond acceptors (Lipinski definition) is 5. The van der Waals surface area contributed by atoms with Crippen LogP contribution in [0.5, 0.6) is 5.75 Å². The van der Waals surface area contributed by atoms with Crippen LogP contribution in [0.15, 0.2) is 28.7 Å². The van der Waals surface area contributed by atoms with Gasteiger partial charge < -0.3 is 14.3 Å². The first kappa shape index (κ1) is 12.8. The van der Waals surface area contributed by atoms with Crippen molar-refractivity contribution in [2.75, 3.05) is 0 Å². The van der Waals surface area contributed by atoms with E-state index in [-0.39, 0.29) is 11.7 Å². The summed E-state index contributed by atoms with van der Waals surface area (Å²) in [5, 5.41) is 8.90. The van der Waals surface area contributed by atoms with Crippen LogP contribution in [0.2, 0.25) is 0 Å². The molecule has 0 radical (unpaired) electrons. The van der Waals surface area contributed by atoms with Crippen molar-refractivity contribution in [1.29, 1.82) is 0 Å². The topological polar surface area (TPSA) is 89.6 Å². The molecular formula is C13H11NO5. The van der Waals surface area contributed by atoms with Crippen molar-refractivity contribution in [3.63, 3.8) is 0 Å². The molecule has 1 N–H and O–H groups in total. The largest absolute Gasteiger partial charge is 0.475 e. The predicted molar refractivity (Wildman–Crippen MR) is 64.9 cm³/mol. The summed E-state index contributed by atoms with van der Waals surface area (Å²) in [5.74, 6) is -1.30. The van der Waals surface area contributed by atoms with Crippen molar-refractivity contribution >= 4 is 11.9 Å². The second kappa shape index (κ2) is 4.93. The van der Waals surface area contributed by atoms with E-state index >= 15 is 0 Å². The van der Waals surface area contributed by atoms with Gasteiger partial charge in [-0.15, -0.1) is 0 Å². The Morgan fingerprint density at radius 2 is 2.11 bits per heavy atom. The normalized spacial score (nSPS) is 10.2. The first-order valence-electron chi connectivity index (χ1n) is 5.47. The third-order valence-corrected chi connectivity index (χ3v) is 2.33. The molecule has 0 atom stereocenters. The Bertz CT molecular complexity index is 644. The highest BCUT2D eigenvalue weighted by molar-refractivity contribution is 5.86. The molecule has 2 rings (SSSR count). The summed E-state index contributed by atoms with van der Waals surface area (Å²) in [5.41, 5.74) is 0.828. The summed E-state index contributed by atoms with van der Waals surface area (Å²) >= 11 is 0. The molecule has 0 aliphatic heterocycles. The van der Waals surface area contributed by atoms with Gasteiger partial charge in [0.15, 0.2) is 0 Å². The lowest BCUT2D eigenvalue weighted by atomic mass is 10.2. The van der Waals surface area contributed by atoms with Crippen LogP contribution in [0.3, 0.4) is 0 Å². The maximum atomic E-state index is 10.9. The Morgan fingerprint density at radius 1 is 1.37 bits per heavy atom. The van der Waals surface area contributed by atoms with Crippen molar-refractivity contribution in [1.82, 2.24) is 4.98 Å². The van der Waals surface area contributed by atoms with E-state index in [0.717, 1.165) is 0 Å². The predicted octanol–water partition coefficient (Wildman–Crippen LogP) is 2.27. The van der Waals surface area contributed by atoms with Crippen LogP contribution in [0.25, 0.3) is 11.5 Å². The molecule has 0 aliphatic rings. The van der Waals surface area contributed by atoms with Crippen molar-refractivity contribution < 1.29 is 23.8 Å². The molecule has 0 spiro atoms. The number of carboxylic acids is 1. The number of hydrogen-bond donors (Lipinski definition) is 1. The van der Waals surface area contributed by atoms with E-state index in [0.29, 0.717) is 17.0 Å². The molecule has 0 saturated carbocycles. The highest BCUT2D eigenvalue weighted by Gasteiger charge is 2.17. The fourth-order valence-electron chi connectivity index (χ4n) is 1.58. The number of carbonyl (C=O) groups excluding carboxylic acids is 1. The number of carbonyl (C=O) groups is 2. The third kappa shape index (κ3) is 2.79. The summed E-state index contributed by atoms with van der Waals surface area (Å²) < 4.78 is 10.1. The maximum absolute atomic E-state index is 10.9. The molecule has 0 aliphatic carbocycles. The lowest BCUT2D eigenvalue weighted by Gasteiger charge is -2.01. The maximum Gasteiger partial charge on any atom is 0.373 e. The molecule has 1 aromatic heterocycles. The van der Waals surface area contributed by atoms with Crippen LogP contribution in [-0.2, 0) is 4.79 Å². The van der Waals surface area contributed by atoms with Crippen LogP contribution in [0.1, 0.15) is 23.2 Å². The lowest BCUT2D eigenvalue weighted by Crippen LogP contribution is -2.01. The monoisotopic (exact) mass is 261 g/mol. The van der Waals surface area contributed by atoms with E-state index in [1.54, 1.807) is 31.2 Å². The number of ether oxygens (including phenoxy) is 1. The van der Waals surface area contributed by atoms with E-state index in [1.807, 2.05) is 0 Å². The zero-order chi connectivity index (χ0) is 14.0. The zero-order valence-electron chi connectivity index (χ0n) is 10.3. The fraction of sp³-hybridized carbons (Fsp3) is 0.154. The summed E-state index contributed by atoms with van der Waals surface area (Å²) in [6.45, 7) is 2.84. The molecule has 0 bridgehead atoms. The molecule has 2 aromatic rings. The third-order valence-electron chi connectivity index (χ3n) is 2.33. The molecule has 1 aromatic carbocycles. The van der Waals surface area contributed by atoms with Gasteiger partial charge >= 0.3 is 11.9 Å². The van der Waals surface area contributed by atoms with E-state index < -0.39 is 11.9 Å². The van der Waals surface area contributed by atoms with Crippen LogP contribution < -0.4 is 4.74 Å². The molecular weight excluding hydrogens is 250 g/mol. The Labute approximate surface area is 108 Å². The van der Waals surface area contributed by atoms with Crippen molar-refractivity contribution in [2.24, 2.45) is 0 Å². The second-order valence-corrected chi connectivity index (χ2v) is 3.86. The molecule has 0 saturated heterocycles. The molecule has 98 valence electrons. The van der Waals surface area contributed by atoms with E-state index in [2.05, 4.69) is 4.98 Å². The van der Waals surface area contributed by atoms with Gasteiger partial charge in [0.05, 0.1) is 5.69 Å². The average Bonchev–Trinajstić information content (AvgIpc) is 2.71. The SMILES string of the molecule is CC(=O)Oc1cccc(-c2nc(C)c(C(=O)O)o2)c1. The Kier molecular flexibility index (Phi) is 3.33. The van der Waals surface area contributed by atoms with E-state index in [1.165, 1.54) is 6.92 Å². The number of benzene rings is 1. The van der Waals surface area contributed by atoms with Crippen LogP contribution in [0, 0.1) is 6.92 Å². The number of esters is 1.